The highest BCUT2D eigenvalue weighted by Crippen LogP contribution is 2.26. The van der Waals surface area contributed by atoms with E-state index in [9.17, 15) is 9.59 Å². The number of thiazole rings is 1. The normalized spacial score (nSPS) is 11.0. The highest BCUT2D eigenvalue weighted by Gasteiger charge is 2.15. The van der Waals surface area contributed by atoms with Crippen molar-refractivity contribution in [1.82, 2.24) is 14.5 Å². The van der Waals surface area contributed by atoms with Crippen molar-refractivity contribution in [3.63, 3.8) is 0 Å². The van der Waals surface area contributed by atoms with Gasteiger partial charge >= 0.3 is 0 Å². The van der Waals surface area contributed by atoms with Gasteiger partial charge in [-0.15, -0.1) is 11.3 Å². The van der Waals surface area contributed by atoms with Crippen LogP contribution in [0.5, 0.6) is 0 Å². The van der Waals surface area contributed by atoms with Crippen molar-refractivity contribution in [3.05, 3.63) is 45.7 Å². The molecule has 0 saturated carbocycles. The molecule has 6 nitrogen and oxygen atoms in total. The molecule has 0 aliphatic carbocycles. The maximum absolute atomic E-state index is 12.7. The molecule has 1 amide bonds. The number of carbonyl (C=O) groups excluding carboxylic acids is 1. The molecule has 2 aromatic heterocycles. The Balaban J connectivity index is 1.85. The smallest absolute Gasteiger partial charge is 0.262 e. The van der Waals surface area contributed by atoms with Crippen molar-refractivity contribution in [3.8, 4) is 0 Å². The SMILES string of the molecule is CCN(C(C)=O)c1nc(CSc2nc3ccccc3c(=O)n2CC)cs1. The number of nitrogens with zero attached hydrogens (tertiary/aromatic N) is 4. The third kappa shape index (κ3) is 3.66. The predicted octanol–water partition coefficient (Wildman–Crippen LogP) is 3.54. The van der Waals surface area contributed by atoms with Crippen LogP contribution in [0.3, 0.4) is 0 Å². The summed E-state index contributed by atoms with van der Waals surface area (Å²) in [5.74, 6) is 0.577. The Bertz CT molecular complexity index is 996. The average molecular weight is 389 g/mol. The van der Waals surface area contributed by atoms with Gasteiger partial charge in [-0.3, -0.25) is 19.1 Å². The van der Waals surface area contributed by atoms with Crippen LogP contribution >= 0.6 is 23.1 Å². The summed E-state index contributed by atoms with van der Waals surface area (Å²) in [6.45, 7) is 6.57. The van der Waals surface area contributed by atoms with Gasteiger partial charge in [0.05, 0.1) is 16.6 Å². The highest BCUT2D eigenvalue weighted by atomic mass is 32.2. The van der Waals surface area contributed by atoms with Crippen molar-refractivity contribution in [2.45, 2.75) is 38.2 Å². The molecule has 0 fully saturated rings. The van der Waals surface area contributed by atoms with Gasteiger partial charge in [-0.1, -0.05) is 23.9 Å². The second-order valence-corrected chi connectivity index (χ2v) is 7.41. The first-order valence-electron chi connectivity index (χ1n) is 8.40. The van der Waals surface area contributed by atoms with Gasteiger partial charge in [0.15, 0.2) is 10.3 Å². The summed E-state index contributed by atoms with van der Waals surface area (Å²) in [6.07, 6.45) is 0. The Morgan fingerprint density at radius 2 is 2.04 bits per heavy atom. The molecule has 0 aliphatic rings. The summed E-state index contributed by atoms with van der Waals surface area (Å²) in [7, 11) is 0. The highest BCUT2D eigenvalue weighted by molar-refractivity contribution is 7.98. The number of hydrogen-bond donors (Lipinski definition) is 0. The first-order chi connectivity index (χ1) is 12.5. The molecule has 0 saturated heterocycles. The number of carbonyl (C=O) groups is 1. The minimum atomic E-state index is -0.0201. The Hall–Kier alpha value is -2.19. The molecule has 0 aliphatic heterocycles. The Labute approximate surface area is 159 Å². The van der Waals surface area contributed by atoms with Crippen LogP contribution in [-0.4, -0.2) is 27.0 Å². The van der Waals surface area contributed by atoms with E-state index in [4.69, 9.17) is 0 Å². The number of fused-ring (bicyclic) bond motifs is 1. The molecule has 0 bridgehead atoms. The average Bonchev–Trinajstić information content (AvgIpc) is 3.09. The molecular formula is C18H20N4O2S2. The van der Waals surface area contributed by atoms with Gasteiger partial charge < -0.3 is 0 Å². The topological polar surface area (TPSA) is 68.1 Å². The lowest BCUT2D eigenvalue weighted by molar-refractivity contribution is -0.116. The monoisotopic (exact) mass is 388 g/mol. The summed E-state index contributed by atoms with van der Waals surface area (Å²) >= 11 is 2.94. The second kappa shape index (κ2) is 8.01. The molecule has 0 atom stereocenters. The zero-order chi connectivity index (χ0) is 18.7. The van der Waals surface area contributed by atoms with E-state index in [1.54, 1.807) is 15.5 Å². The van der Waals surface area contributed by atoms with E-state index in [0.29, 0.717) is 40.0 Å². The number of para-hydroxylation sites is 1. The van der Waals surface area contributed by atoms with Crippen molar-refractivity contribution in [2.75, 3.05) is 11.4 Å². The number of hydrogen-bond acceptors (Lipinski definition) is 6. The summed E-state index contributed by atoms with van der Waals surface area (Å²) < 4.78 is 1.69. The van der Waals surface area contributed by atoms with Gasteiger partial charge in [-0.05, 0) is 26.0 Å². The van der Waals surface area contributed by atoms with Crippen LogP contribution in [0.1, 0.15) is 26.5 Å². The van der Waals surface area contributed by atoms with Crippen LogP contribution in [0.2, 0.25) is 0 Å². The summed E-state index contributed by atoms with van der Waals surface area (Å²) in [5.41, 5.74) is 1.56. The van der Waals surface area contributed by atoms with Crippen molar-refractivity contribution in [1.29, 1.82) is 0 Å². The zero-order valence-corrected chi connectivity index (χ0v) is 16.6. The van der Waals surface area contributed by atoms with E-state index in [1.165, 1.54) is 30.0 Å². The van der Waals surface area contributed by atoms with Crippen LogP contribution in [0.4, 0.5) is 5.13 Å². The number of anilines is 1. The Morgan fingerprint density at radius 1 is 1.27 bits per heavy atom. The van der Waals surface area contributed by atoms with E-state index in [2.05, 4.69) is 9.97 Å². The lowest BCUT2D eigenvalue weighted by Gasteiger charge is -2.14. The minimum Gasteiger partial charge on any atom is -0.289 e. The van der Waals surface area contributed by atoms with Crippen LogP contribution < -0.4 is 10.5 Å². The van der Waals surface area contributed by atoms with Gasteiger partial charge in [-0.2, -0.15) is 0 Å². The summed E-state index contributed by atoms with van der Waals surface area (Å²) in [4.78, 5) is 35.1. The van der Waals surface area contributed by atoms with E-state index in [0.717, 1.165) is 5.69 Å². The van der Waals surface area contributed by atoms with Crippen LogP contribution in [0.25, 0.3) is 10.9 Å². The number of benzene rings is 1. The lowest BCUT2D eigenvalue weighted by atomic mass is 10.2. The molecule has 0 N–H and O–H groups in total. The molecule has 3 aromatic rings. The fourth-order valence-electron chi connectivity index (χ4n) is 2.65. The maximum atomic E-state index is 12.7. The molecule has 1 aromatic carbocycles. The molecule has 136 valence electrons. The first-order valence-corrected chi connectivity index (χ1v) is 10.3. The molecule has 26 heavy (non-hydrogen) atoms. The molecule has 0 spiro atoms. The van der Waals surface area contributed by atoms with E-state index >= 15 is 0 Å². The van der Waals surface area contributed by atoms with Crippen molar-refractivity contribution < 1.29 is 4.79 Å². The molecule has 8 heteroatoms. The molecular weight excluding hydrogens is 368 g/mol. The van der Waals surface area contributed by atoms with E-state index < -0.39 is 0 Å². The second-order valence-electron chi connectivity index (χ2n) is 5.63. The Morgan fingerprint density at radius 3 is 2.73 bits per heavy atom. The molecule has 0 radical (unpaired) electrons. The fraction of sp³-hybridized carbons (Fsp3) is 0.333. The van der Waals surface area contributed by atoms with E-state index in [1.807, 2.05) is 37.4 Å². The van der Waals surface area contributed by atoms with E-state index in [-0.39, 0.29) is 11.5 Å². The van der Waals surface area contributed by atoms with Gasteiger partial charge in [-0.25, -0.2) is 9.97 Å². The summed E-state index contributed by atoms with van der Waals surface area (Å²) in [5, 5.41) is 3.97. The quantitative estimate of drug-likeness (QED) is 0.477. The standard InChI is InChI=1S/C18H20N4O2S2/c1-4-21(12(3)23)17-19-13(10-25-17)11-26-18-20-15-9-7-6-8-14(15)16(24)22(18)5-2/h6-10H,4-5,11H2,1-3H3. The predicted molar refractivity (Wildman–Crippen MR) is 107 cm³/mol. The maximum Gasteiger partial charge on any atom is 0.262 e. The largest absolute Gasteiger partial charge is 0.289 e. The number of amides is 1. The van der Waals surface area contributed by atoms with Crippen molar-refractivity contribution >= 4 is 45.0 Å². The fourth-order valence-corrected chi connectivity index (χ4v) is 4.65. The number of aromatic nitrogens is 3. The minimum absolute atomic E-state index is 0.0166. The first kappa shape index (κ1) is 18.6. The van der Waals surface area contributed by atoms with Crippen molar-refractivity contribution in [2.24, 2.45) is 0 Å². The van der Waals surface area contributed by atoms with Crippen LogP contribution in [0, 0.1) is 0 Å². The number of rotatable bonds is 6. The van der Waals surface area contributed by atoms with Gasteiger partial charge in [0, 0.05) is 31.1 Å². The van der Waals surface area contributed by atoms with Gasteiger partial charge in [0.2, 0.25) is 5.91 Å². The third-order valence-electron chi connectivity index (χ3n) is 3.96. The summed E-state index contributed by atoms with van der Waals surface area (Å²) in [6, 6.07) is 7.39. The molecule has 0 unspecified atom stereocenters. The van der Waals surface area contributed by atoms with Crippen LogP contribution in [-0.2, 0) is 17.1 Å². The third-order valence-corrected chi connectivity index (χ3v) is 5.88. The van der Waals surface area contributed by atoms with Gasteiger partial charge in [0.25, 0.3) is 5.56 Å². The number of thioether (sulfide) groups is 1. The van der Waals surface area contributed by atoms with Gasteiger partial charge in [0.1, 0.15) is 0 Å². The Kier molecular flexibility index (Phi) is 5.73. The molecule has 3 rings (SSSR count). The zero-order valence-electron chi connectivity index (χ0n) is 14.9. The molecule has 2 heterocycles. The van der Waals surface area contributed by atoms with Crippen LogP contribution in [0.15, 0.2) is 39.6 Å². The lowest BCUT2D eigenvalue weighted by Crippen LogP contribution is -2.27.